The number of hydrogen-bond acceptors (Lipinski definition) is 15. The Kier molecular flexibility index (Phi) is 12.5. The van der Waals surface area contributed by atoms with Gasteiger partial charge in [-0.05, 0) is 111 Å². The molecule has 16 nitrogen and oxygen atoms in total. The number of aliphatic hydroxyl groups is 8. The molecule has 354 valence electrons. The van der Waals surface area contributed by atoms with E-state index in [4.69, 9.17) is 28.4 Å². The molecule has 5 aliphatic carbocycles. The lowest BCUT2D eigenvalue weighted by Gasteiger charge is -2.71. The lowest BCUT2D eigenvalue weighted by Crippen LogP contribution is -2.67. The van der Waals surface area contributed by atoms with Crippen LogP contribution in [0.25, 0.3) is 0 Å². The number of fused-ring (bicyclic) bond motifs is 7. The third-order valence-corrected chi connectivity index (χ3v) is 18.7. The highest BCUT2D eigenvalue weighted by molar-refractivity contribution is 5.76. The molecule has 4 saturated carbocycles. The van der Waals surface area contributed by atoms with E-state index in [-0.39, 0.29) is 59.2 Å². The Morgan fingerprint density at radius 3 is 2.03 bits per heavy atom. The zero-order valence-electron chi connectivity index (χ0n) is 37.5. The van der Waals surface area contributed by atoms with Gasteiger partial charge in [-0.15, -0.1) is 0 Å². The minimum Gasteiger partial charge on any atom is -0.481 e. The van der Waals surface area contributed by atoms with Crippen molar-refractivity contribution in [3.63, 3.8) is 0 Å². The Labute approximate surface area is 364 Å². The van der Waals surface area contributed by atoms with E-state index in [9.17, 15) is 50.8 Å². The summed E-state index contributed by atoms with van der Waals surface area (Å²) in [6.07, 6.45) is -9.19. The maximum absolute atomic E-state index is 13.1. The van der Waals surface area contributed by atoms with Gasteiger partial charge in [0.25, 0.3) is 0 Å². The van der Waals surface area contributed by atoms with Crippen molar-refractivity contribution in [2.24, 2.45) is 50.2 Å². The number of carboxylic acids is 1. The molecular weight excluding hydrogens is 808 g/mol. The first-order chi connectivity index (χ1) is 29.0. The first-order valence-electron chi connectivity index (χ1n) is 23.1. The van der Waals surface area contributed by atoms with Crippen molar-refractivity contribution in [1.82, 2.24) is 0 Å². The smallest absolute Gasteiger partial charge is 0.310 e. The summed E-state index contributed by atoms with van der Waals surface area (Å²) in [4.78, 5) is 13.1. The van der Waals surface area contributed by atoms with Gasteiger partial charge in [0.05, 0.1) is 37.4 Å². The van der Waals surface area contributed by atoms with Crippen molar-refractivity contribution in [3.8, 4) is 0 Å². The van der Waals surface area contributed by atoms with Crippen LogP contribution < -0.4 is 0 Å². The summed E-state index contributed by atoms with van der Waals surface area (Å²) < 4.78 is 36.0. The molecule has 0 amide bonds. The van der Waals surface area contributed by atoms with Crippen molar-refractivity contribution >= 4 is 5.97 Å². The topological polar surface area (TPSA) is 255 Å². The van der Waals surface area contributed by atoms with Crippen molar-refractivity contribution in [2.75, 3.05) is 19.8 Å². The van der Waals surface area contributed by atoms with E-state index in [1.165, 1.54) is 12.5 Å². The molecule has 62 heavy (non-hydrogen) atoms. The summed E-state index contributed by atoms with van der Waals surface area (Å²) in [6, 6.07) is 0. The van der Waals surface area contributed by atoms with Gasteiger partial charge in [0, 0.05) is 5.41 Å². The molecule has 0 aromatic heterocycles. The van der Waals surface area contributed by atoms with E-state index < -0.39 is 103 Å². The normalized spacial score (nSPS) is 55.1. The molecule has 0 aromatic carbocycles. The number of carboxylic acid groups (broad SMARTS) is 1. The first-order valence-corrected chi connectivity index (χ1v) is 23.1. The van der Waals surface area contributed by atoms with Gasteiger partial charge in [0.2, 0.25) is 0 Å². The maximum atomic E-state index is 13.1. The molecule has 0 unspecified atom stereocenters. The van der Waals surface area contributed by atoms with E-state index in [0.717, 1.165) is 44.9 Å². The second kappa shape index (κ2) is 16.5. The number of aliphatic hydroxyl groups excluding tert-OH is 8. The van der Waals surface area contributed by atoms with Gasteiger partial charge in [0.1, 0.15) is 54.9 Å². The molecule has 7 fully saturated rings. The number of hydrogen-bond donors (Lipinski definition) is 9. The Balaban J connectivity index is 1.02. The zero-order valence-corrected chi connectivity index (χ0v) is 37.5. The standard InChI is InChI=1S/C46H74O16/c1-22-30(50)35(61-37-33(53)31(51)25(48)19-57-37)34(54)38(59-22)62-36-32(52)26(49)20-58-39(36)60-29-11-12-42(4)27(43(29,5)21-47)10-13-45(7)28(42)9-8-23-24-18-41(2,3)14-16-46(24,40(55)56)17-15-44(23,45)6/h8,22,24-39,47-54H,9-21H2,1-7H3,(H,55,56)/t22-,24-,25+,26-,27-,28-,29-,30-,31-,32-,33+,34+,35+,36+,37-,38-,39-,42-,43-,44+,45+,46-/m0/s1. The van der Waals surface area contributed by atoms with E-state index in [1.807, 2.05) is 0 Å². The maximum Gasteiger partial charge on any atom is 0.310 e. The van der Waals surface area contributed by atoms with Gasteiger partial charge in [-0.3, -0.25) is 4.79 Å². The van der Waals surface area contributed by atoms with Crippen LogP contribution in [-0.4, -0.2) is 158 Å². The van der Waals surface area contributed by atoms with Crippen LogP contribution in [0.4, 0.5) is 0 Å². The van der Waals surface area contributed by atoms with Gasteiger partial charge in [0.15, 0.2) is 18.9 Å². The van der Waals surface area contributed by atoms with Crippen molar-refractivity contribution in [2.45, 2.75) is 199 Å². The third kappa shape index (κ3) is 7.19. The van der Waals surface area contributed by atoms with Crippen LogP contribution in [0.1, 0.15) is 113 Å². The van der Waals surface area contributed by atoms with E-state index in [1.54, 1.807) is 0 Å². The number of ether oxygens (including phenoxy) is 6. The molecule has 8 rings (SSSR count). The monoisotopic (exact) mass is 882 g/mol. The van der Waals surface area contributed by atoms with Crippen LogP contribution in [-0.2, 0) is 33.2 Å². The van der Waals surface area contributed by atoms with E-state index in [0.29, 0.717) is 19.3 Å². The highest BCUT2D eigenvalue weighted by Gasteiger charge is 2.70. The minimum atomic E-state index is -1.73. The summed E-state index contributed by atoms with van der Waals surface area (Å²) >= 11 is 0. The molecule has 16 heteroatoms. The van der Waals surface area contributed by atoms with Crippen molar-refractivity contribution < 1.29 is 79.2 Å². The lowest BCUT2D eigenvalue weighted by atomic mass is 9.33. The van der Waals surface area contributed by atoms with Gasteiger partial charge in [-0.25, -0.2) is 0 Å². The van der Waals surface area contributed by atoms with Crippen LogP contribution in [0.5, 0.6) is 0 Å². The Hall–Kier alpha value is -1.35. The second-order valence-electron chi connectivity index (χ2n) is 22.4. The number of carbonyl (C=O) groups is 1. The molecule has 8 aliphatic rings. The SMILES string of the molecule is C[C@@H]1O[C@@H](O[C@H]2[C@H](O[C@H]3CC[C@@]4(C)[C@H](CC[C@]5(C)[C@H]4CC=C4[C@@H]6CC(C)(C)CC[C@]6(C(=O)O)CC[C@]45C)[C@]3(C)CO)OC[C@H](O)[C@@H]2O)[C@H](O)[C@H](O[C@@H]2OC[C@@H](O)[C@H](O)[C@H]2O)[C@H]1O. The Bertz CT molecular complexity index is 1690. The van der Waals surface area contributed by atoms with Crippen LogP contribution in [0, 0.1) is 50.2 Å². The second-order valence-corrected chi connectivity index (χ2v) is 22.4. The molecule has 22 atom stereocenters. The zero-order chi connectivity index (χ0) is 45.1. The predicted molar refractivity (Wildman–Crippen MR) is 219 cm³/mol. The average Bonchev–Trinajstić information content (AvgIpc) is 3.21. The molecular formula is C46H74O16. The van der Waals surface area contributed by atoms with Crippen LogP contribution >= 0.6 is 0 Å². The fourth-order valence-corrected chi connectivity index (χ4v) is 14.5. The Morgan fingerprint density at radius 1 is 0.710 bits per heavy atom. The highest BCUT2D eigenvalue weighted by Crippen LogP contribution is 2.76. The summed E-state index contributed by atoms with van der Waals surface area (Å²) in [7, 11) is 0. The van der Waals surface area contributed by atoms with E-state index >= 15 is 0 Å². The first kappa shape index (κ1) is 47.2. The Morgan fingerprint density at radius 2 is 1.35 bits per heavy atom. The highest BCUT2D eigenvalue weighted by atomic mass is 16.8. The molecule has 0 radical (unpaired) electrons. The fourth-order valence-electron chi connectivity index (χ4n) is 14.5. The quantitative estimate of drug-likeness (QED) is 0.125. The average molecular weight is 883 g/mol. The summed E-state index contributed by atoms with van der Waals surface area (Å²) in [5, 5.41) is 97.4. The van der Waals surface area contributed by atoms with Crippen molar-refractivity contribution in [1.29, 1.82) is 0 Å². The van der Waals surface area contributed by atoms with Crippen LogP contribution in [0.15, 0.2) is 11.6 Å². The summed E-state index contributed by atoms with van der Waals surface area (Å²) in [5.74, 6) is -0.342. The van der Waals surface area contributed by atoms with Crippen LogP contribution in [0.2, 0.25) is 0 Å². The molecule has 0 aromatic rings. The fraction of sp³-hybridized carbons (Fsp3) is 0.935. The third-order valence-electron chi connectivity index (χ3n) is 18.7. The van der Waals surface area contributed by atoms with Gasteiger partial charge in [-0.1, -0.05) is 53.2 Å². The summed E-state index contributed by atoms with van der Waals surface area (Å²) in [5.41, 5.74) is -0.519. The number of rotatable bonds is 8. The molecule has 3 saturated heterocycles. The molecule has 3 aliphatic heterocycles. The number of allylic oxidation sites excluding steroid dienone is 2. The molecule has 9 N–H and O–H groups in total. The molecule has 0 spiro atoms. The largest absolute Gasteiger partial charge is 0.481 e. The molecule has 0 bridgehead atoms. The van der Waals surface area contributed by atoms with Crippen LogP contribution in [0.3, 0.4) is 0 Å². The van der Waals surface area contributed by atoms with E-state index in [2.05, 4.69) is 47.6 Å². The lowest BCUT2D eigenvalue weighted by molar-refractivity contribution is -0.379. The van der Waals surface area contributed by atoms with Gasteiger partial charge in [-0.2, -0.15) is 0 Å². The van der Waals surface area contributed by atoms with Crippen molar-refractivity contribution in [3.05, 3.63) is 11.6 Å². The summed E-state index contributed by atoms with van der Waals surface area (Å²) in [6.45, 7) is 14.5. The van der Waals surface area contributed by atoms with Gasteiger partial charge < -0.3 is 74.4 Å². The molecule has 3 heterocycles. The minimum absolute atomic E-state index is 0.00631. The number of aliphatic carboxylic acids is 1. The predicted octanol–water partition coefficient (Wildman–Crippen LogP) is 1.98. The van der Waals surface area contributed by atoms with Gasteiger partial charge >= 0.3 is 5.97 Å².